The smallest absolute Gasteiger partial charge is 0.252 e. The lowest BCUT2D eigenvalue weighted by Gasteiger charge is -2.34. The number of carbonyl (C=O) groups excluding carboxylic acids is 1. The summed E-state index contributed by atoms with van der Waals surface area (Å²) in [6, 6.07) is 9.17. The number of benzene rings is 1. The van der Waals surface area contributed by atoms with Crippen molar-refractivity contribution in [1.29, 1.82) is 0 Å². The minimum Gasteiger partial charge on any atom is -0.493 e. The molecule has 1 aliphatic heterocycles. The highest BCUT2D eigenvalue weighted by molar-refractivity contribution is 7.08. The Bertz CT molecular complexity index is 611. The van der Waals surface area contributed by atoms with Crippen molar-refractivity contribution < 1.29 is 14.6 Å². The number of hydrogen-bond donors (Lipinski definition) is 2. The lowest BCUT2D eigenvalue weighted by molar-refractivity contribution is -0.00160. The summed E-state index contributed by atoms with van der Waals surface area (Å²) in [7, 11) is 0. The maximum atomic E-state index is 12.0. The maximum absolute atomic E-state index is 12.0. The fraction of sp³-hybridized carbons (Fsp3) is 0.267. The van der Waals surface area contributed by atoms with Gasteiger partial charge in [-0.05, 0) is 17.5 Å². The second kappa shape index (κ2) is 5.26. The summed E-state index contributed by atoms with van der Waals surface area (Å²) in [6.45, 7) is 0.629. The number of rotatable bonds is 3. The Labute approximate surface area is 121 Å². The number of fused-ring (bicyclic) bond motifs is 1. The van der Waals surface area contributed by atoms with Crippen LogP contribution in [0.3, 0.4) is 0 Å². The van der Waals surface area contributed by atoms with Gasteiger partial charge in [0.05, 0.1) is 13.2 Å². The molecular weight excluding hydrogens is 274 g/mol. The normalized spacial score (nSPS) is 20.9. The number of hydrogen-bond acceptors (Lipinski definition) is 4. The van der Waals surface area contributed by atoms with Crippen molar-refractivity contribution in [3.63, 3.8) is 0 Å². The Balaban J connectivity index is 1.76. The Hall–Kier alpha value is -1.85. The van der Waals surface area contributed by atoms with Gasteiger partial charge < -0.3 is 15.2 Å². The van der Waals surface area contributed by atoms with Crippen molar-refractivity contribution in [2.24, 2.45) is 0 Å². The Kier molecular flexibility index (Phi) is 3.46. The van der Waals surface area contributed by atoms with Crippen LogP contribution in [0.1, 0.15) is 22.3 Å². The van der Waals surface area contributed by atoms with Gasteiger partial charge in [0.25, 0.3) is 5.91 Å². The zero-order valence-electron chi connectivity index (χ0n) is 10.8. The van der Waals surface area contributed by atoms with Gasteiger partial charge in [0.1, 0.15) is 11.4 Å². The number of thiophene rings is 1. The second-order valence-corrected chi connectivity index (χ2v) is 5.60. The minimum absolute atomic E-state index is 0.163. The van der Waals surface area contributed by atoms with E-state index in [0.717, 1.165) is 5.56 Å². The summed E-state index contributed by atoms with van der Waals surface area (Å²) < 4.78 is 5.53. The molecule has 0 fully saturated rings. The highest BCUT2D eigenvalue weighted by atomic mass is 32.1. The lowest BCUT2D eigenvalue weighted by atomic mass is 9.88. The molecule has 1 amide bonds. The first-order chi connectivity index (χ1) is 9.69. The highest BCUT2D eigenvalue weighted by Crippen LogP contribution is 2.36. The molecule has 1 aromatic heterocycles. The highest BCUT2D eigenvalue weighted by Gasteiger charge is 2.35. The summed E-state index contributed by atoms with van der Waals surface area (Å²) in [5.41, 5.74) is 0.288. The molecule has 0 bridgehead atoms. The molecule has 4 nitrogen and oxygen atoms in total. The van der Waals surface area contributed by atoms with Crippen LogP contribution in [0.4, 0.5) is 0 Å². The van der Waals surface area contributed by atoms with Crippen LogP contribution in [-0.4, -0.2) is 24.2 Å². The lowest BCUT2D eigenvalue weighted by Crippen LogP contribution is -2.43. The first kappa shape index (κ1) is 13.1. The maximum Gasteiger partial charge on any atom is 0.252 e. The van der Waals surface area contributed by atoms with Gasteiger partial charge in [-0.15, -0.1) is 0 Å². The predicted octanol–water partition coefficient (Wildman–Crippen LogP) is 2.15. The molecule has 104 valence electrons. The molecule has 20 heavy (non-hydrogen) atoms. The van der Waals surface area contributed by atoms with E-state index in [1.54, 1.807) is 11.4 Å². The topological polar surface area (TPSA) is 58.6 Å². The number of aliphatic hydroxyl groups is 1. The predicted molar refractivity (Wildman–Crippen MR) is 77.1 cm³/mol. The van der Waals surface area contributed by atoms with Gasteiger partial charge in [-0.3, -0.25) is 4.79 Å². The Morgan fingerprint density at radius 2 is 2.25 bits per heavy atom. The molecule has 0 saturated heterocycles. The van der Waals surface area contributed by atoms with Crippen LogP contribution in [0.15, 0.2) is 41.1 Å². The van der Waals surface area contributed by atoms with Crippen LogP contribution in [0.25, 0.3) is 0 Å². The van der Waals surface area contributed by atoms with E-state index >= 15 is 0 Å². The van der Waals surface area contributed by atoms with E-state index in [1.807, 2.05) is 29.6 Å². The molecule has 1 atom stereocenters. The zero-order valence-corrected chi connectivity index (χ0v) is 11.7. The van der Waals surface area contributed by atoms with Crippen LogP contribution in [0.2, 0.25) is 0 Å². The SMILES string of the molecule is O=C(NC[C@@]1(O)CCOc2ccccc21)c1ccsc1. The number of amides is 1. The van der Waals surface area contributed by atoms with Gasteiger partial charge in [-0.25, -0.2) is 0 Å². The van der Waals surface area contributed by atoms with E-state index < -0.39 is 5.60 Å². The van der Waals surface area contributed by atoms with Crippen molar-refractivity contribution in [3.05, 3.63) is 52.2 Å². The van der Waals surface area contributed by atoms with Gasteiger partial charge in [-0.1, -0.05) is 18.2 Å². The first-order valence-electron chi connectivity index (χ1n) is 6.44. The van der Waals surface area contributed by atoms with Crippen molar-refractivity contribution in [2.45, 2.75) is 12.0 Å². The summed E-state index contributed by atoms with van der Waals surface area (Å²) in [6.07, 6.45) is 0.466. The summed E-state index contributed by atoms with van der Waals surface area (Å²) >= 11 is 1.47. The summed E-state index contributed by atoms with van der Waals surface area (Å²) in [5.74, 6) is 0.523. The van der Waals surface area contributed by atoms with Gasteiger partial charge in [0.15, 0.2) is 0 Å². The molecule has 0 aliphatic carbocycles. The molecule has 3 rings (SSSR count). The molecule has 0 spiro atoms. The van der Waals surface area contributed by atoms with Crippen molar-refractivity contribution in [2.75, 3.05) is 13.2 Å². The van der Waals surface area contributed by atoms with Crippen LogP contribution in [0.5, 0.6) is 5.75 Å². The number of carbonyl (C=O) groups is 1. The van der Waals surface area contributed by atoms with Gasteiger partial charge in [0.2, 0.25) is 0 Å². The quantitative estimate of drug-likeness (QED) is 0.910. The van der Waals surface area contributed by atoms with Crippen molar-refractivity contribution in [1.82, 2.24) is 5.32 Å². The van der Waals surface area contributed by atoms with Crippen LogP contribution in [0, 0.1) is 0 Å². The monoisotopic (exact) mass is 289 g/mol. The summed E-state index contributed by atoms with van der Waals surface area (Å²) in [4.78, 5) is 12.0. The molecule has 0 unspecified atom stereocenters. The number of nitrogens with one attached hydrogen (secondary N) is 1. The van der Waals surface area contributed by atoms with Gasteiger partial charge in [-0.2, -0.15) is 11.3 Å². The largest absolute Gasteiger partial charge is 0.493 e. The van der Waals surface area contributed by atoms with Gasteiger partial charge >= 0.3 is 0 Å². The van der Waals surface area contributed by atoms with Gasteiger partial charge in [0, 0.05) is 22.9 Å². The van der Waals surface area contributed by atoms with Crippen molar-refractivity contribution in [3.8, 4) is 5.75 Å². The summed E-state index contributed by atoms with van der Waals surface area (Å²) in [5, 5.41) is 17.2. The van der Waals surface area contributed by atoms with Crippen molar-refractivity contribution >= 4 is 17.2 Å². The van der Waals surface area contributed by atoms with Crippen LogP contribution in [-0.2, 0) is 5.60 Å². The molecule has 1 aromatic carbocycles. The molecule has 1 aliphatic rings. The molecule has 2 heterocycles. The van der Waals surface area contributed by atoms with E-state index in [-0.39, 0.29) is 12.5 Å². The first-order valence-corrected chi connectivity index (χ1v) is 7.38. The van der Waals surface area contributed by atoms with Crippen LogP contribution < -0.4 is 10.1 Å². The standard InChI is InChI=1S/C15H15NO3S/c17-14(11-5-8-20-9-11)16-10-15(18)6-7-19-13-4-2-1-3-12(13)15/h1-5,8-9,18H,6-7,10H2,(H,16,17)/t15-/m0/s1. The molecular formula is C15H15NO3S. The number of ether oxygens (including phenoxy) is 1. The Morgan fingerprint density at radius 1 is 1.40 bits per heavy atom. The average molecular weight is 289 g/mol. The molecule has 5 heteroatoms. The minimum atomic E-state index is -1.07. The van der Waals surface area contributed by atoms with E-state index in [4.69, 9.17) is 4.74 Å². The van der Waals surface area contributed by atoms with Crippen LogP contribution >= 0.6 is 11.3 Å². The van der Waals surface area contributed by atoms with E-state index in [2.05, 4.69) is 5.32 Å². The molecule has 2 N–H and O–H groups in total. The number of para-hydroxylation sites is 1. The average Bonchev–Trinajstić information content (AvgIpc) is 3.00. The molecule has 0 saturated carbocycles. The fourth-order valence-corrected chi connectivity index (χ4v) is 2.98. The third-order valence-corrected chi connectivity index (χ3v) is 4.17. The molecule has 0 radical (unpaired) electrons. The third-order valence-electron chi connectivity index (χ3n) is 3.49. The third kappa shape index (κ3) is 2.42. The molecule has 2 aromatic rings. The van der Waals surface area contributed by atoms with E-state index in [9.17, 15) is 9.90 Å². The fourth-order valence-electron chi connectivity index (χ4n) is 2.35. The van der Waals surface area contributed by atoms with E-state index in [1.165, 1.54) is 11.3 Å². The zero-order chi connectivity index (χ0) is 14.0. The van der Waals surface area contributed by atoms with E-state index in [0.29, 0.717) is 24.3 Å². The Morgan fingerprint density at radius 3 is 3.05 bits per heavy atom. The second-order valence-electron chi connectivity index (χ2n) is 4.82.